The highest BCUT2D eigenvalue weighted by Crippen LogP contribution is 2.12. The van der Waals surface area contributed by atoms with Gasteiger partial charge in [0.05, 0.1) is 0 Å². The van der Waals surface area contributed by atoms with E-state index in [1.165, 1.54) is 0 Å². The summed E-state index contributed by atoms with van der Waals surface area (Å²) >= 11 is 1.75. The first-order valence-electron chi connectivity index (χ1n) is 5.78. The lowest BCUT2D eigenvalue weighted by Crippen LogP contribution is -2.53. The van der Waals surface area contributed by atoms with E-state index in [-0.39, 0.29) is 12.4 Å². The molecule has 1 amide bonds. The molecule has 16 heavy (non-hydrogen) atoms. The van der Waals surface area contributed by atoms with Gasteiger partial charge in [0, 0.05) is 37.8 Å². The first-order chi connectivity index (χ1) is 7.29. The van der Waals surface area contributed by atoms with Gasteiger partial charge in [0.2, 0.25) is 5.91 Å². The van der Waals surface area contributed by atoms with Crippen LogP contribution in [0.1, 0.15) is 26.2 Å². The van der Waals surface area contributed by atoms with Crippen LogP contribution in [0.2, 0.25) is 0 Å². The maximum atomic E-state index is 11.9. The largest absolute Gasteiger partial charge is 0.337 e. The van der Waals surface area contributed by atoms with Gasteiger partial charge in [-0.1, -0.05) is 13.3 Å². The molecule has 0 radical (unpaired) electrons. The summed E-state index contributed by atoms with van der Waals surface area (Å²) in [4.78, 5) is 14.0. The molecule has 1 N–H and O–H groups in total. The Morgan fingerprint density at radius 3 is 2.94 bits per heavy atom. The topological polar surface area (TPSA) is 32.3 Å². The molecule has 3 nitrogen and oxygen atoms in total. The van der Waals surface area contributed by atoms with E-state index in [4.69, 9.17) is 0 Å². The number of piperazine rings is 1. The lowest BCUT2D eigenvalue weighted by atomic mass is 10.1. The Balaban J connectivity index is 0.00000225. The van der Waals surface area contributed by atoms with Crippen molar-refractivity contribution in [3.63, 3.8) is 0 Å². The van der Waals surface area contributed by atoms with E-state index in [1.807, 2.05) is 0 Å². The number of hydrogen-bond donors (Lipinski definition) is 1. The van der Waals surface area contributed by atoms with E-state index in [1.54, 1.807) is 11.8 Å². The second kappa shape index (κ2) is 9.14. The Labute approximate surface area is 109 Å². The summed E-state index contributed by atoms with van der Waals surface area (Å²) in [6, 6.07) is 0.429. The van der Waals surface area contributed by atoms with Crippen LogP contribution in [0.25, 0.3) is 0 Å². The molecule has 1 aliphatic rings. The van der Waals surface area contributed by atoms with Gasteiger partial charge in [-0.2, -0.15) is 11.8 Å². The summed E-state index contributed by atoms with van der Waals surface area (Å²) in [7, 11) is 0. The minimum absolute atomic E-state index is 0. The Morgan fingerprint density at radius 1 is 1.56 bits per heavy atom. The molecule has 0 spiro atoms. The third-order valence-corrected chi connectivity index (χ3v) is 3.42. The molecular weight excluding hydrogens is 244 g/mol. The fourth-order valence-corrected chi connectivity index (χ4v) is 2.39. The molecule has 5 heteroatoms. The molecule has 0 aliphatic carbocycles. The number of rotatable bonds is 5. The van der Waals surface area contributed by atoms with Crippen LogP contribution in [0, 0.1) is 0 Å². The van der Waals surface area contributed by atoms with Gasteiger partial charge in [0.1, 0.15) is 0 Å². The van der Waals surface area contributed by atoms with Gasteiger partial charge >= 0.3 is 0 Å². The molecule has 1 aliphatic heterocycles. The highest BCUT2D eigenvalue weighted by atomic mass is 35.5. The molecule has 96 valence electrons. The van der Waals surface area contributed by atoms with Crippen molar-refractivity contribution in [3.8, 4) is 0 Å². The first-order valence-corrected chi connectivity index (χ1v) is 7.18. The summed E-state index contributed by atoms with van der Waals surface area (Å²) < 4.78 is 0. The highest BCUT2D eigenvalue weighted by Gasteiger charge is 2.24. The zero-order valence-corrected chi connectivity index (χ0v) is 11.8. The molecule has 1 rings (SSSR count). The molecule has 0 aromatic rings. The fraction of sp³-hybridized carbons (Fsp3) is 0.909. The van der Waals surface area contributed by atoms with Crippen molar-refractivity contribution in [2.45, 2.75) is 32.2 Å². The van der Waals surface area contributed by atoms with Crippen LogP contribution in [-0.2, 0) is 4.79 Å². The predicted octanol–water partition coefficient (Wildman–Crippen LogP) is 1.76. The Kier molecular flexibility index (Phi) is 9.18. The second-order valence-electron chi connectivity index (χ2n) is 3.98. The van der Waals surface area contributed by atoms with Crippen molar-refractivity contribution in [2.75, 3.05) is 31.6 Å². The van der Waals surface area contributed by atoms with Crippen molar-refractivity contribution in [1.29, 1.82) is 0 Å². The Hall–Kier alpha value is 0.0700. The third kappa shape index (κ3) is 4.93. The van der Waals surface area contributed by atoms with Gasteiger partial charge in [-0.05, 0) is 12.7 Å². The number of carbonyl (C=O) groups excluding carboxylic acids is 1. The molecule has 1 unspecified atom stereocenters. The van der Waals surface area contributed by atoms with E-state index in [9.17, 15) is 4.79 Å². The van der Waals surface area contributed by atoms with Gasteiger partial charge in [0.25, 0.3) is 0 Å². The number of halogens is 1. The van der Waals surface area contributed by atoms with Crippen LogP contribution >= 0.6 is 24.2 Å². The van der Waals surface area contributed by atoms with Crippen LogP contribution in [0.3, 0.4) is 0 Å². The maximum absolute atomic E-state index is 11.9. The van der Waals surface area contributed by atoms with Gasteiger partial charge in [0.15, 0.2) is 0 Å². The first kappa shape index (κ1) is 16.1. The molecule has 1 heterocycles. The number of nitrogens with zero attached hydrogens (tertiary/aromatic N) is 1. The number of hydrogen-bond acceptors (Lipinski definition) is 3. The van der Waals surface area contributed by atoms with Crippen molar-refractivity contribution in [3.05, 3.63) is 0 Å². The molecule has 1 fully saturated rings. The van der Waals surface area contributed by atoms with Crippen LogP contribution in [-0.4, -0.2) is 48.5 Å². The van der Waals surface area contributed by atoms with Crippen molar-refractivity contribution >= 4 is 30.1 Å². The molecule has 1 atom stereocenters. The summed E-state index contributed by atoms with van der Waals surface area (Å²) in [6.07, 6.45) is 5.02. The fourth-order valence-electron chi connectivity index (χ4n) is 2.01. The lowest BCUT2D eigenvalue weighted by Gasteiger charge is -2.36. The molecule has 0 bridgehead atoms. The van der Waals surface area contributed by atoms with E-state index in [0.717, 1.165) is 38.2 Å². The van der Waals surface area contributed by atoms with E-state index in [2.05, 4.69) is 23.4 Å². The molecule has 0 saturated carbocycles. The lowest BCUT2D eigenvalue weighted by molar-refractivity contribution is -0.134. The third-order valence-electron chi connectivity index (χ3n) is 2.81. The molecule has 0 aromatic heterocycles. The number of carbonyl (C=O) groups is 1. The quantitative estimate of drug-likeness (QED) is 0.823. The smallest absolute Gasteiger partial charge is 0.223 e. The highest BCUT2D eigenvalue weighted by molar-refractivity contribution is 7.98. The van der Waals surface area contributed by atoms with Gasteiger partial charge in [-0.3, -0.25) is 4.79 Å². The molecule has 0 aromatic carbocycles. The van der Waals surface area contributed by atoms with Gasteiger partial charge in [-0.15, -0.1) is 12.4 Å². The summed E-state index contributed by atoms with van der Waals surface area (Å²) in [6.45, 7) is 4.99. The van der Waals surface area contributed by atoms with Crippen LogP contribution in [0.15, 0.2) is 0 Å². The number of nitrogens with one attached hydrogen (secondary N) is 1. The minimum atomic E-state index is 0. The van der Waals surface area contributed by atoms with Gasteiger partial charge < -0.3 is 10.2 Å². The minimum Gasteiger partial charge on any atom is -0.337 e. The van der Waals surface area contributed by atoms with E-state index < -0.39 is 0 Å². The standard InChI is InChI=1S/C11H22N2OS.ClH/c1-3-4-10-9-12-6-7-13(10)11(14)5-8-15-2;/h10,12H,3-9H2,1-2H3;1H. The summed E-state index contributed by atoms with van der Waals surface area (Å²) in [5, 5.41) is 3.36. The van der Waals surface area contributed by atoms with Crippen LogP contribution in [0.5, 0.6) is 0 Å². The van der Waals surface area contributed by atoms with Gasteiger partial charge in [-0.25, -0.2) is 0 Å². The SMILES string of the molecule is CCCC1CNCCN1C(=O)CCSC.Cl. The van der Waals surface area contributed by atoms with Crippen LogP contribution in [0.4, 0.5) is 0 Å². The summed E-state index contributed by atoms with van der Waals surface area (Å²) in [5.41, 5.74) is 0. The number of amides is 1. The maximum Gasteiger partial charge on any atom is 0.223 e. The van der Waals surface area contributed by atoms with Crippen LogP contribution < -0.4 is 5.32 Å². The summed E-state index contributed by atoms with van der Waals surface area (Å²) in [5.74, 6) is 1.28. The second-order valence-corrected chi connectivity index (χ2v) is 4.96. The molecular formula is C11H23ClN2OS. The van der Waals surface area contributed by atoms with Crippen molar-refractivity contribution in [1.82, 2.24) is 10.2 Å². The van der Waals surface area contributed by atoms with Crippen molar-refractivity contribution < 1.29 is 4.79 Å². The van der Waals surface area contributed by atoms with E-state index in [0.29, 0.717) is 18.4 Å². The van der Waals surface area contributed by atoms with E-state index >= 15 is 0 Å². The average molecular weight is 267 g/mol. The predicted molar refractivity (Wildman–Crippen MR) is 73.5 cm³/mol. The van der Waals surface area contributed by atoms with Crippen molar-refractivity contribution in [2.24, 2.45) is 0 Å². The average Bonchev–Trinajstić information content (AvgIpc) is 2.27. The Morgan fingerprint density at radius 2 is 2.31 bits per heavy atom. The zero-order chi connectivity index (χ0) is 11.1. The zero-order valence-electron chi connectivity index (χ0n) is 10.2. The Bertz CT molecular complexity index is 202. The monoisotopic (exact) mass is 266 g/mol. The normalized spacial score (nSPS) is 20.4. The molecule has 1 saturated heterocycles. The number of thioether (sulfide) groups is 1.